The number of Topliss-reactive ketones (excluding diaryl/α,β-unsaturated/α-hetero) is 1. The van der Waals surface area contributed by atoms with Crippen molar-refractivity contribution in [3.63, 3.8) is 0 Å². The van der Waals surface area contributed by atoms with Gasteiger partial charge < -0.3 is 10.1 Å². The molecule has 3 nitrogen and oxygen atoms in total. The Labute approximate surface area is 92.4 Å². The Morgan fingerprint density at radius 3 is 2.88 bits per heavy atom. The van der Waals surface area contributed by atoms with E-state index in [0.29, 0.717) is 13.2 Å². The molecule has 0 spiro atoms. The highest BCUT2D eigenvalue weighted by Crippen LogP contribution is 2.11. The van der Waals surface area contributed by atoms with Crippen LogP contribution < -0.4 is 5.32 Å². The Morgan fingerprint density at radius 2 is 2.19 bits per heavy atom. The molecular formula is C11H13F2NO2. The van der Waals surface area contributed by atoms with E-state index >= 15 is 0 Å². The van der Waals surface area contributed by atoms with Crippen LogP contribution >= 0.6 is 0 Å². The standard InChI is InChI=1S/C11H13F2NO2/c1-16-6-5-14-7-10(15)8-3-2-4-9(12)11(8)13/h2-4,14H,5-7H2,1H3. The summed E-state index contributed by atoms with van der Waals surface area (Å²) in [4.78, 5) is 11.5. The first kappa shape index (κ1) is 12.7. The maximum atomic E-state index is 13.2. The van der Waals surface area contributed by atoms with Gasteiger partial charge in [-0.25, -0.2) is 8.78 Å². The van der Waals surface area contributed by atoms with E-state index in [-0.39, 0.29) is 12.1 Å². The van der Waals surface area contributed by atoms with E-state index < -0.39 is 17.4 Å². The lowest BCUT2D eigenvalue weighted by atomic mass is 10.1. The zero-order chi connectivity index (χ0) is 12.0. The minimum atomic E-state index is -1.10. The van der Waals surface area contributed by atoms with Gasteiger partial charge in [0, 0.05) is 13.7 Å². The summed E-state index contributed by atoms with van der Waals surface area (Å²) in [5.41, 5.74) is -0.232. The molecule has 0 radical (unpaired) electrons. The summed E-state index contributed by atoms with van der Waals surface area (Å²) in [6.07, 6.45) is 0. The normalized spacial score (nSPS) is 10.4. The van der Waals surface area contributed by atoms with Gasteiger partial charge in [-0.1, -0.05) is 6.07 Å². The van der Waals surface area contributed by atoms with Crippen LogP contribution in [0.25, 0.3) is 0 Å². The highest BCUT2D eigenvalue weighted by atomic mass is 19.2. The quantitative estimate of drug-likeness (QED) is 0.591. The largest absolute Gasteiger partial charge is 0.383 e. The molecule has 0 fully saturated rings. The molecule has 0 aromatic heterocycles. The minimum Gasteiger partial charge on any atom is -0.383 e. The summed E-state index contributed by atoms with van der Waals surface area (Å²) in [6, 6.07) is 3.55. The predicted molar refractivity (Wildman–Crippen MR) is 55.4 cm³/mol. The van der Waals surface area contributed by atoms with Crippen LogP contribution in [0, 0.1) is 11.6 Å². The van der Waals surface area contributed by atoms with Crippen LogP contribution in [0.5, 0.6) is 0 Å². The second-order valence-electron chi connectivity index (χ2n) is 3.19. The molecule has 1 rings (SSSR count). The molecule has 1 aromatic rings. The van der Waals surface area contributed by atoms with Crippen molar-refractivity contribution in [1.29, 1.82) is 0 Å². The second kappa shape index (κ2) is 6.30. The van der Waals surface area contributed by atoms with Gasteiger partial charge in [-0.2, -0.15) is 0 Å². The number of carbonyl (C=O) groups excluding carboxylic acids is 1. The molecular weight excluding hydrogens is 216 g/mol. The molecule has 88 valence electrons. The maximum Gasteiger partial charge on any atom is 0.179 e. The van der Waals surface area contributed by atoms with Gasteiger partial charge in [0.05, 0.1) is 18.7 Å². The van der Waals surface area contributed by atoms with Crippen molar-refractivity contribution < 1.29 is 18.3 Å². The van der Waals surface area contributed by atoms with Crippen molar-refractivity contribution in [3.8, 4) is 0 Å². The Morgan fingerprint density at radius 1 is 1.44 bits per heavy atom. The first-order chi connectivity index (χ1) is 7.66. The molecule has 0 aliphatic carbocycles. The van der Waals surface area contributed by atoms with E-state index in [1.807, 2.05) is 0 Å². The Balaban J connectivity index is 2.56. The Hall–Kier alpha value is -1.33. The average molecular weight is 229 g/mol. The van der Waals surface area contributed by atoms with Crippen molar-refractivity contribution in [3.05, 3.63) is 35.4 Å². The first-order valence-electron chi connectivity index (χ1n) is 4.83. The van der Waals surface area contributed by atoms with Crippen molar-refractivity contribution >= 4 is 5.78 Å². The molecule has 0 aliphatic heterocycles. The number of methoxy groups -OCH3 is 1. The van der Waals surface area contributed by atoms with E-state index in [9.17, 15) is 13.6 Å². The number of nitrogens with one attached hydrogen (secondary N) is 1. The SMILES string of the molecule is COCCNCC(=O)c1cccc(F)c1F. The highest BCUT2D eigenvalue weighted by molar-refractivity contribution is 5.97. The average Bonchev–Trinajstić information content (AvgIpc) is 2.28. The van der Waals surface area contributed by atoms with E-state index in [1.54, 1.807) is 0 Å². The van der Waals surface area contributed by atoms with Crippen LogP contribution in [0.1, 0.15) is 10.4 Å². The number of hydrogen-bond acceptors (Lipinski definition) is 3. The molecule has 1 aromatic carbocycles. The van der Waals surface area contributed by atoms with Crippen LogP contribution in [0.2, 0.25) is 0 Å². The lowest BCUT2D eigenvalue weighted by Gasteiger charge is -2.04. The van der Waals surface area contributed by atoms with Gasteiger partial charge in [0.15, 0.2) is 17.4 Å². The molecule has 0 heterocycles. The number of carbonyl (C=O) groups is 1. The molecule has 0 saturated heterocycles. The number of ether oxygens (including phenoxy) is 1. The van der Waals surface area contributed by atoms with Gasteiger partial charge in [0.1, 0.15) is 0 Å². The molecule has 0 amide bonds. The third-order valence-electron chi connectivity index (χ3n) is 2.02. The minimum absolute atomic E-state index is 0.0380. The second-order valence-corrected chi connectivity index (χ2v) is 3.19. The molecule has 0 aliphatic rings. The van der Waals surface area contributed by atoms with Gasteiger partial charge in [-0.15, -0.1) is 0 Å². The lowest BCUT2D eigenvalue weighted by Crippen LogP contribution is -2.27. The summed E-state index contributed by atoms with van der Waals surface area (Å²) in [6.45, 7) is 0.905. The first-order valence-corrected chi connectivity index (χ1v) is 4.83. The van der Waals surface area contributed by atoms with Crippen molar-refractivity contribution in [2.45, 2.75) is 0 Å². The fourth-order valence-electron chi connectivity index (χ4n) is 1.19. The summed E-state index contributed by atoms with van der Waals surface area (Å²) in [5.74, 6) is -2.59. The molecule has 0 saturated carbocycles. The van der Waals surface area contributed by atoms with E-state index in [0.717, 1.165) is 6.07 Å². The van der Waals surface area contributed by atoms with Crippen LogP contribution in [-0.2, 0) is 4.74 Å². The van der Waals surface area contributed by atoms with Gasteiger partial charge in [-0.05, 0) is 12.1 Å². The Kier molecular flexibility index (Phi) is 5.01. The van der Waals surface area contributed by atoms with Crippen molar-refractivity contribution in [1.82, 2.24) is 5.32 Å². The number of hydrogen-bond donors (Lipinski definition) is 1. The topological polar surface area (TPSA) is 38.3 Å². The van der Waals surface area contributed by atoms with Crippen LogP contribution in [0.3, 0.4) is 0 Å². The molecule has 0 bridgehead atoms. The predicted octanol–water partition coefficient (Wildman–Crippen LogP) is 1.38. The third-order valence-corrected chi connectivity index (χ3v) is 2.02. The monoisotopic (exact) mass is 229 g/mol. The maximum absolute atomic E-state index is 13.2. The van der Waals surface area contributed by atoms with Gasteiger partial charge >= 0.3 is 0 Å². The van der Waals surface area contributed by atoms with E-state index in [4.69, 9.17) is 4.74 Å². The van der Waals surface area contributed by atoms with Gasteiger partial charge in [0.25, 0.3) is 0 Å². The zero-order valence-corrected chi connectivity index (χ0v) is 8.93. The fourth-order valence-corrected chi connectivity index (χ4v) is 1.19. The molecule has 16 heavy (non-hydrogen) atoms. The summed E-state index contributed by atoms with van der Waals surface area (Å²) in [5, 5.41) is 2.77. The number of halogens is 2. The molecule has 1 N–H and O–H groups in total. The van der Waals surface area contributed by atoms with Crippen molar-refractivity contribution in [2.75, 3.05) is 26.8 Å². The van der Waals surface area contributed by atoms with Gasteiger partial charge in [-0.3, -0.25) is 4.79 Å². The van der Waals surface area contributed by atoms with Crippen LogP contribution in [-0.4, -0.2) is 32.6 Å². The van der Waals surface area contributed by atoms with E-state index in [2.05, 4.69) is 5.32 Å². The summed E-state index contributed by atoms with van der Waals surface area (Å²) < 4.78 is 30.8. The molecule has 0 atom stereocenters. The zero-order valence-electron chi connectivity index (χ0n) is 8.93. The number of rotatable bonds is 6. The fraction of sp³-hybridized carbons (Fsp3) is 0.364. The molecule has 5 heteroatoms. The smallest absolute Gasteiger partial charge is 0.179 e. The summed E-state index contributed by atoms with van der Waals surface area (Å²) >= 11 is 0. The van der Waals surface area contributed by atoms with Crippen LogP contribution in [0.15, 0.2) is 18.2 Å². The van der Waals surface area contributed by atoms with E-state index in [1.165, 1.54) is 19.2 Å². The Bertz CT molecular complexity index is 369. The molecule has 0 unspecified atom stereocenters. The number of benzene rings is 1. The van der Waals surface area contributed by atoms with Crippen LogP contribution in [0.4, 0.5) is 8.78 Å². The highest BCUT2D eigenvalue weighted by Gasteiger charge is 2.14. The third kappa shape index (κ3) is 3.36. The summed E-state index contributed by atoms with van der Waals surface area (Å²) in [7, 11) is 1.54. The van der Waals surface area contributed by atoms with Gasteiger partial charge in [0.2, 0.25) is 0 Å². The van der Waals surface area contributed by atoms with Crippen molar-refractivity contribution in [2.24, 2.45) is 0 Å². The number of ketones is 1. The lowest BCUT2D eigenvalue weighted by molar-refractivity contribution is 0.0982.